The molecule has 1 aliphatic heterocycles. The number of carbonyl (C=O) groups excluding carboxylic acids is 1. The van der Waals surface area contributed by atoms with Gasteiger partial charge in [-0.3, -0.25) is 4.79 Å². The normalized spacial score (nSPS) is 18.9. The first kappa shape index (κ1) is 17.4. The molecule has 0 spiro atoms. The van der Waals surface area contributed by atoms with Gasteiger partial charge in [-0.1, -0.05) is 13.3 Å². The Hall–Kier alpha value is -0.610. The van der Waals surface area contributed by atoms with E-state index in [0.717, 1.165) is 44.7 Å². The molecule has 0 aromatic heterocycles. The summed E-state index contributed by atoms with van der Waals surface area (Å²) in [7, 11) is 2.18. The van der Waals surface area contributed by atoms with Crippen LogP contribution in [0.15, 0.2) is 0 Å². The summed E-state index contributed by atoms with van der Waals surface area (Å²) in [4.78, 5) is 14.2. The molecule has 0 aromatic rings. The van der Waals surface area contributed by atoms with Gasteiger partial charge in [-0.25, -0.2) is 0 Å². The van der Waals surface area contributed by atoms with Gasteiger partial charge in [0.15, 0.2) is 0 Å². The van der Waals surface area contributed by atoms with Crippen molar-refractivity contribution in [1.82, 2.24) is 10.2 Å². The van der Waals surface area contributed by atoms with E-state index in [1.165, 1.54) is 25.9 Å². The summed E-state index contributed by atoms with van der Waals surface area (Å²) >= 11 is 0. The molecule has 3 N–H and O–H groups in total. The van der Waals surface area contributed by atoms with Crippen molar-refractivity contribution >= 4 is 5.91 Å². The van der Waals surface area contributed by atoms with E-state index in [0.29, 0.717) is 12.3 Å². The van der Waals surface area contributed by atoms with Crippen LogP contribution in [0.25, 0.3) is 0 Å². The van der Waals surface area contributed by atoms with Crippen molar-refractivity contribution in [3.8, 4) is 0 Å². The fourth-order valence-electron chi connectivity index (χ4n) is 2.98. The zero-order valence-electron chi connectivity index (χ0n) is 13.4. The van der Waals surface area contributed by atoms with Crippen LogP contribution in [-0.4, -0.2) is 44.0 Å². The highest BCUT2D eigenvalue weighted by Crippen LogP contribution is 2.19. The third-order valence-electron chi connectivity index (χ3n) is 4.64. The third kappa shape index (κ3) is 7.25. The first-order chi connectivity index (χ1) is 9.65. The number of rotatable bonds is 9. The molecule has 1 amide bonds. The molecule has 4 nitrogen and oxygen atoms in total. The van der Waals surface area contributed by atoms with Crippen LogP contribution >= 0.6 is 0 Å². The average Bonchev–Trinajstić information content (AvgIpc) is 2.45. The van der Waals surface area contributed by atoms with E-state index in [2.05, 4.69) is 24.2 Å². The molecule has 0 saturated carbocycles. The Labute approximate surface area is 124 Å². The van der Waals surface area contributed by atoms with E-state index < -0.39 is 0 Å². The minimum Gasteiger partial charge on any atom is -0.356 e. The molecule has 4 heteroatoms. The van der Waals surface area contributed by atoms with Gasteiger partial charge in [0.25, 0.3) is 0 Å². The molecule has 1 heterocycles. The van der Waals surface area contributed by atoms with E-state index in [1.54, 1.807) is 0 Å². The monoisotopic (exact) mass is 283 g/mol. The zero-order chi connectivity index (χ0) is 14.8. The Kier molecular flexibility index (Phi) is 8.86. The predicted molar refractivity (Wildman–Crippen MR) is 84.5 cm³/mol. The molecule has 1 rings (SSSR count). The summed E-state index contributed by atoms with van der Waals surface area (Å²) in [6, 6.07) is 0. The van der Waals surface area contributed by atoms with Gasteiger partial charge in [-0.05, 0) is 70.6 Å². The molecular weight excluding hydrogens is 250 g/mol. The number of hydrogen-bond acceptors (Lipinski definition) is 3. The number of piperidine rings is 1. The third-order valence-corrected chi connectivity index (χ3v) is 4.64. The fourth-order valence-corrected chi connectivity index (χ4v) is 2.98. The summed E-state index contributed by atoms with van der Waals surface area (Å²) in [5.41, 5.74) is 5.58. The summed E-state index contributed by atoms with van der Waals surface area (Å²) in [6.45, 7) is 6.17. The number of carbonyl (C=O) groups is 1. The highest BCUT2D eigenvalue weighted by atomic mass is 16.1. The van der Waals surface area contributed by atoms with Crippen molar-refractivity contribution < 1.29 is 4.79 Å². The first-order valence-electron chi connectivity index (χ1n) is 8.31. The number of nitrogens with one attached hydrogen (secondary N) is 1. The second kappa shape index (κ2) is 10.2. The Morgan fingerprint density at radius 3 is 2.65 bits per heavy atom. The number of nitrogens with two attached hydrogens (primary N) is 1. The molecule has 0 aromatic carbocycles. The minimum absolute atomic E-state index is 0.216. The summed E-state index contributed by atoms with van der Waals surface area (Å²) < 4.78 is 0. The maximum Gasteiger partial charge on any atom is 0.220 e. The Morgan fingerprint density at radius 1 is 1.35 bits per heavy atom. The largest absolute Gasteiger partial charge is 0.356 e. The molecule has 118 valence electrons. The van der Waals surface area contributed by atoms with E-state index in [-0.39, 0.29) is 5.91 Å². The van der Waals surface area contributed by atoms with E-state index in [4.69, 9.17) is 5.73 Å². The Morgan fingerprint density at radius 2 is 2.05 bits per heavy atom. The van der Waals surface area contributed by atoms with Crippen molar-refractivity contribution in [2.24, 2.45) is 17.6 Å². The lowest BCUT2D eigenvalue weighted by Crippen LogP contribution is -2.32. The number of hydrogen-bond donors (Lipinski definition) is 2. The van der Waals surface area contributed by atoms with Gasteiger partial charge in [-0.2, -0.15) is 0 Å². The van der Waals surface area contributed by atoms with Crippen molar-refractivity contribution in [1.29, 1.82) is 0 Å². The maximum atomic E-state index is 11.8. The summed E-state index contributed by atoms with van der Waals surface area (Å²) in [5.74, 6) is 1.63. The van der Waals surface area contributed by atoms with Crippen molar-refractivity contribution in [3.05, 3.63) is 0 Å². The molecule has 20 heavy (non-hydrogen) atoms. The van der Waals surface area contributed by atoms with E-state index in [1.807, 2.05) is 0 Å². The first-order valence-corrected chi connectivity index (χ1v) is 8.31. The van der Waals surface area contributed by atoms with E-state index in [9.17, 15) is 4.79 Å². The lowest BCUT2D eigenvalue weighted by atomic mass is 9.94. The summed E-state index contributed by atoms with van der Waals surface area (Å²) in [6.07, 6.45) is 7.50. The molecule has 1 saturated heterocycles. The lowest BCUT2D eigenvalue weighted by molar-refractivity contribution is -0.121. The molecule has 1 aliphatic rings. The fraction of sp³-hybridized carbons (Fsp3) is 0.938. The molecule has 1 atom stereocenters. The van der Waals surface area contributed by atoms with Crippen LogP contribution in [0.2, 0.25) is 0 Å². The quantitative estimate of drug-likeness (QED) is 0.680. The standard InChI is InChI=1S/C16H33N3O/c1-3-14(6-10-17)4-5-16(20)18-11-7-15-8-12-19(2)13-9-15/h14-15H,3-13,17H2,1-2H3,(H,18,20). The van der Waals surface area contributed by atoms with Gasteiger partial charge in [0.05, 0.1) is 0 Å². The van der Waals surface area contributed by atoms with Crippen molar-refractivity contribution in [3.63, 3.8) is 0 Å². The van der Waals surface area contributed by atoms with Gasteiger partial charge in [0.2, 0.25) is 5.91 Å². The molecular formula is C16H33N3O. The van der Waals surface area contributed by atoms with Gasteiger partial charge < -0.3 is 16.0 Å². The molecule has 0 bridgehead atoms. The number of likely N-dealkylation sites (tertiary alicyclic amines) is 1. The minimum atomic E-state index is 0.216. The molecule has 1 unspecified atom stereocenters. The average molecular weight is 283 g/mol. The van der Waals surface area contributed by atoms with Crippen LogP contribution < -0.4 is 11.1 Å². The van der Waals surface area contributed by atoms with Crippen LogP contribution in [-0.2, 0) is 4.79 Å². The van der Waals surface area contributed by atoms with Gasteiger partial charge in [-0.15, -0.1) is 0 Å². The number of nitrogens with zero attached hydrogens (tertiary/aromatic N) is 1. The summed E-state index contributed by atoms with van der Waals surface area (Å²) in [5, 5.41) is 3.08. The zero-order valence-corrected chi connectivity index (χ0v) is 13.4. The molecule has 0 aliphatic carbocycles. The molecule has 1 fully saturated rings. The van der Waals surface area contributed by atoms with Crippen molar-refractivity contribution in [2.75, 3.05) is 33.2 Å². The highest BCUT2D eigenvalue weighted by molar-refractivity contribution is 5.75. The van der Waals surface area contributed by atoms with Crippen molar-refractivity contribution in [2.45, 2.75) is 51.9 Å². The second-order valence-corrected chi connectivity index (χ2v) is 6.28. The Bertz CT molecular complexity index is 262. The highest BCUT2D eigenvalue weighted by Gasteiger charge is 2.16. The Balaban J connectivity index is 2.05. The lowest BCUT2D eigenvalue weighted by Gasteiger charge is -2.28. The van der Waals surface area contributed by atoms with Crippen LogP contribution in [0.1, 0.15) is 51.9 Å². The van der Waals surface area contributed by atoms with Crippen LogP contribution in [0, 0.1) is 11.8 Å². The van der Waals surface area contributed by atoms with Crippen LogP contribution in [0.5, 0.6) is 0 Å². The second-order valence-electron chi connectivity index (χ2n) is 6.28. The smallest absolute Gasteiger partial charge is 0.220 e. The van der Waals surface area contributed by atoms with Gasteiger partial charge >= 0.3 is 0 Å². The number of amides is 1. The maximum absolute atomic E-state index is 11.8. The van der Waals surface area contributed by atoms with Crippen LogP contribution in [0.4, 0.5) is 0 Å². The van der Waals surface area contributed by atoms with Crippen LogP contribution in [0.3, 0.4) is 0 Å². The van der Waals surface area contributed by atoms with Gasteiger partial charge in [0.1, 0.15) is 0 Å². The topological polar surface area (TPSA) is 58.4 Å². The molecule has 0 radical (unpaired) electrons. The predicted octanol–water partition coefficient (Wildman–Crippen LogP) is 1.99. The van der Waals surface area contributed by atoms with Gasteiger partial charge in [0, 0.05) is 13.0 Å². The van der Waals surface area contributed by atoms with E-state index >= 15 is 0 Å². The SMILES string of the molecule is CCC(CCN)CCC(=O)NCCC1CCN(C)CC1.